The highest BCUT2D eigenvalue weighted by atomic mass is 19.4. The van der Waals surface area contributed by atoms with E-state index < -0.39 is 43.4 Å². The van der Waals surface area contributed by atoms with E-state index in [4.69, 9.17) is 0 Å². The Morgan fingerprint density at radius 1 is 1.11 bits per heavy atom. The first-order valence-electron chi connectivity index (χ1n) is 11.1. The van der Waals surface area contributed by atoms with Crippen molar-refractivity contribution in [3.05, 3.63) is 71.7 Å². The Hall–Kier alpha value is -3.91. The lowest BCUT2D eigenvalue weighted by Gasteiger charge is -2.46. The lowest BCUT2D eigenvalue weighted by molar-refractivity contribution is -0.267. The number of aromatic nitrogens is 4. The summed E-state index contributed by atoms with van der Waals surface area (Å²) in [4.78, 5) is 13.4. The van der Waals surface area contributed by atoms with Gasteiger partial charge in [0.2, 0.25) is 5.95 Å². The molecule has 0 amide bonds. The number of imidazole rings is 1. The van der Waals surface area contributed by atoms with E-state index in [1.54, 1.807) is 6.92 Å². The Labute approximate surface area is 210 Å². The third-order valence-corrected chi connectivity index (χ3v) is 6.28. The minimum Gasteiger partial charge on any atom is -0.434 e. The number of hydrogen-bond donors (Lipinski definition) is 2. The second kappa shape index (κ2) is 9.13. The highest BCUT2D eigenvalue weighted by Crippen LogP contribution is 2.39. The van der Waals surface area contributed by atoms with Crippen LogP contribution in [0.1, 0.15) is 23.1 Å². The quantitative estimate of drug-likeness (QED) is 0.357. The number of aryl methyl sites for hydroxylation is 1. The minimum absolute atomic E-state index is 0.0116. The van der Waals surface area contributed by atoms with Crippen molar-refractivity contribution in [2.75, 3.05) is 18.0 Å². The number of fused-ring (bicyclic) bond motifs is 1. The first kappa shape index (κ1) is 25.7. The molecule has 0 saturated carbocycles. The maximum Gasteiger partial charge on any atom is 0.420 e. The number of halogens is 6. The summed E-state index contributed by atoms with van der Waals surface area (Å²) in [5.41, 5.74) is -2.02. The van der Waals surface area contributed by atoms with Gasteiger partial charge in [0, 0.05) is 41.3 Å². The summed E-state index contributed by atoms with van der Waals surface area (Å²) < 4.78 is 85.3. The van der Waals surface area contributed by atoms with Crippen LogP contribution in [0.2, 0.25) is 0 Å². The summed E-state index contributed by atoms with van der Waals surface area (Å²) in [7, 11) is 0. The van der Waals surface area contributed by atoms with Crippen LogP contribution in [-0.2, 0) is 0 Å². The normalized spacial score (nSPS) is 16.1. The van der Waals surface area contributed by atoms with E-state index in [1.165, 1.54) is 47.3 Å². The maximum atomic E-state index is 15.0. The van der Waals surface area contributed by atoms with Crippen LogP contribution in [0.25, 0.3) is 16.8 Å². The summed E-state index contributed by atoms with van der Waals surface area (Å²) in [6.07, 6.45) is -2.51. The number of β-amino-alcohol motifs (C(OH)–C–C–N with tert-alkyl or cyclic N) is 1. The van der Waals surface area contributed by atoms with Gasteiger partial charge >= 0.3 is 12.8 Å². The lowest BCUT2D eigenvalue weighted by atomic mass is 9.94. The molecule has 4 heterocycles. The molecule has 3 aromatic heterocycles. The number of aliphatic hydroxyl groups is 2. The van der Waals surface area contributed by atoms with E-state index in [1.807, 2.05) is 0 Å². The van der Waals surface area contributed by atoms with Crippen LogP contribution < -0.4 is 9.64 Å². The van der Waals surface area contributed by atoms with Gasteiger partial charge in [-0.1, -0.05) is 18.2 Å². The standard InChI is InChI=1S/C24H19F6N5O3/c1-12-19(20(36)14-4-2-3-5-17(14)38-21(26)27)35-9-15(16(25)6-18(35)33-12)13-7-31-22(32-8-13)34-10-23(37,11-34)24(28,29)30/h2-9,20-21,36-37H,10-11H2,1H3. The second-order valence-electron chi connectivity index (χ2n) is 8.82. The summed E-state index contributed by atoms with van der Waals surface area (Å²) in [6.45, 7) is -3.02. The maximum absolute atomic E-state index is 15.0. The third-order valence-electron chi connectivity index (χ3n) is 6.28. The fourth-order valence-corrected chi connectivity index (χ4v) is 4.33. The summed E-state index contributed by atoms with van der Waals surface area (Å²) in [5.74, 6) is -1.02. The van der Waals surface area contributed by atoms with Gasteiger partial charge in [-0.2, -0.15) is 22.0 Å². The molecule has 8 nitrogen and oxygen atoms in total. The average molecular weight is 539 g/mol. The largest absolute Gasteiger partial charge is 0.434 e. The number of rotatable bonds is 6. The fourth-order valence-electron chi connectivity index (χ4n) is 4.33. The Bertz CT molecular complexity index is 1490. The number of aliphatic hydroxyl groups excluding tert-OH is 1. The van der Waals surface area contributed by atoms with Crippen molar-refractivity contribution in [3.63, 3.8) is 0 Å². The van der Waals surface area contributed by atoms with Crippen molar-refractivity contribution in [1.82, 2.24) is 19.4 Å². The predicted molar refractivity (Wildman–Crippen MR) is 121 cm³/mol. The van der Waals surface area contributed by atoms with E-state index in [0.717, 1.165) is 11.0 Å². The fraction of sp³-hybridized carbons (Fsp3) is 0.292. The molecule has 0 aliphatic carbocycles. The molecule has 0 radical (unpaired) electrons. The second-order valence-corrected chi connectivity index (χ2v) is 8.82. The predicted octanol–water partition coefficient (Wildman–Crippen LogP) is 4.04. The van der Waals surface area contributed by atoms with E-state index in [-0.39, 0.29) is 39.7 Å². The molecule has 1 aliphatic heterocycles. The van der Waals surface area contributed by atoms with Crippen LogP contribution in [0.3, 0.4) is 0 Å². The molecule has 1 aliphatic rings. The van der Waals surface area contributed by atoms with Gasteiger partial charge in [0.15, 0.2) is 5.60 Å². The van der Waals surface area contributed by atoms with Crippen LogP contribution >= 0.6 is 0 Å². The molecule has 2 N–H and O–H groups in total. The summed E-state index contributed by atoms with van der Waals surface area (Å²) in [6, 6.07) is 6.80. The molecule has 5 rings (SSSR count). The molecule has 14 heteroatoms. The van der Waals surface area contributed by atoms with Crippen LogP contribution in [0.15, 0.2) is 48.9 Å². The molecule has 200 valence electrons. The van der Waals surface area contributed by atoms with Gasteiger partial charge in [0.05, 0.1) is 24.5 Å². The van der Waals surface area contributed by atoms with Gasteiger partial charge < -0.3 is 19.8 Å². The number of para-hydroxylation sites is 1. The average Bonchev–Trinajstić information content (AvgIpc) is 3.14. The highest BCUT2D eigenvalue weighted by molar-refractivity contribution is 5.65. The zero-order valence-corrected chi connectivity index (χ0v) is 19.5. The van der Waals surface area contributed by atoms with Crippen LogP contribution in [-0.4, -0.2) is 61.0 Å². The zero-order chi connectivity index (χ0) is 27.4. The minimum atomic E-state index is -4.79. The smallest absolute Gasteiger partial charge is 0.420 e. The Balaban J connectivity index is 1.48. The number of anilines is 1. The SMILES string of the molecule is Cc1nc2cc(F)c(-c3cnc(N4CC(O)(C(F)(F)F)C4)nc3)cn2c1C(O)c1ccccc1OC(F)F. The number of ether oxygens (including phenoxy) is 1. The Morgan fingerprint density at radius 3 is 2.39 bits per heavy atom. The highest BCUT2D eigenvalue weighted by Gasteiger charge is 2.61. The van der Waals surface area contributed by atoms with E-state index in [9.17, 15) is 32.2 Å². The van der Waals surface area contributed by atoms with Crippen molar-refractivity contribution in [2.24, 2.45) is 0 Å². The van der Waals surface area contributed by atoms with E-state index >= 15 is 4.39 Å². The number of benzene rings is 1. The molecular weight excluding hydrogens is 520 g/mol. The molecule has 4 aromatic rings. The molecule has 0 spiro atoms. The molecule has 1 aromatic carbocycles. The van der Waals surface area contributed by atoms with Crippen LogP contribution in [0, 0.1) is 12.7 Å². The number of alkyl halides is 5. The van der Waals surface area contributed by atoms with Gasteiger partial charge in [0.1, 0.15) is 23.3 Å². The van der Waals surface area contributed by atoms with Gasteiger partial charge in [0.25, 0.3) is 0 Å². The molecule has 1 atom stereocenters. The Kier molecular flexibility index (Phi) is 6.18. The van der Waals surface area contributed by atoms with Crippen molar-refractivity contribution in [1.29, 1.82) is 0 Å². The van der Waals surface area contributed by atoms with Gasteiger partial charge in [-0.05, 0) is 13.0 Å². The van der Waals surface area contributed by atoms with E-state index in [2.05, 4.69) is 19.7 Å². The topological polar surface area (TPSA) is 96.0 Å². The van der Waals surface area contributed by atoms with Crippen LogP contribution in [0.5, 0.6) is 5.75 Å². The first-order chi connectivity index (χ1) is 17.9. The lowest BCUT2D eigenvalue weighted by Crippen LogP contribution is -2.69. The van der Waals surface area contributed by atoms with Crippen molar-refractivity contribution >= 4 is 11.6 Å². The molecular formula is C24H19F6N5O3. The summed E-state index contributed by atoms with van der Waals surface area (Å²) >= 11 is 0. The molecule has 0 bridgehead atoms. The summed E-state index contributed by atoms with van der Waals surface area (Å²) in [5, 5.41) is 20.7. The van der Waals surface area contributed by atoms with Crippen molar-refractivity contribution < 1.29 is 41.3 Å². The molecule has 1 unspecified atom stereocenters. The molecule has 38 heavy (non-hydrogen) atoms. The van der Waals surface area contributed by atoms with Gasteiger partial charge in [-0.3, -0.25) is 4.40 Å². The Morgan fingerprint density at radius 2 is 1.76 bits per heavy atom. The third kappa shape index (κ3) is 4.39. The first-order valence-corrected chi connectivity index (χ1v) is 11.1. The van der Waals surface area contributed by atoms with Crippen LogP contribution in [0.4, 0.5) is 32.3 Å². The zero-order valence-electron chi connectivity index (χ0n) is 19.5. The van der Waals surface area contributed by atoms with Gasteiger partial charge in [-0.25, -0.2) is 19.3 Å². The van der Waals surface area contributed by atoms with Crippen molar-refractivity contribution in [3.8, 4) is 16.9 Å². The van der Waals surface area contributed by atoms with Crippen molar-refractivity contribution in [2.45, 2.75) is 31.4 Å². The van der Waals surface area contributed by atoms with Gasteiger partial charge in [-0.15, -0.1) is 0 Å². The number of nitrogens with zero attached hydrogens (tertiary/aromatic N) is 5. The molecule has 1 saturated heterocycles. The monoisotopic (exact) mass is 539 g/mol. The molecule has 1 fully saturated rings. The number of hydrogen-bond acceptors (Lipinski definition) is 7. The van der Waals surface area contributed by atoms with E-state index in [0.29, 0.717) is 5.69 Å². The number of pyridine rings is 1.